The number of piperidine rings is 1. The summed E-state index contributed by atoms with van der Waals surface area (Å²) in [5, 5.41) is 0. The van der Waals surface area contributed by atoms with Gasteiger partial charge in [-0.25, -0.2) is 8.78 Å². The van der Waals surface area contributed by atoms with E-state index in [9.17, 15) is 13.6 Å². The van der Waals surface area contributed by atoms with Crippen molar-refractivity contribution in [3.63, 3.8) is 0 Å². The Bertz CT molecular complexity index is 843. The molecule has 4 nitrogen and oxygen atoms in total. The van der Waals surface area contributed by atoms with Crippen molar-refractivity contribution in [2.45, 2.75) is 31.3 Å². The monoisotopic (exact) mass is 387 g/mol. The largest absolute Gasteiger partial charge is 0.492 e. The highest BCUT2D eigenvalue weighted by Gasteiger charge is 2.43. The van der Waals surface area contributed by atoms with Crippen molar-refractivity contribution in [3.05, 3.63) is 59.2 Å². The van der Waals surface area contributed by atoms with Crippen LogP contribution in [0.25, 0.3) is 0 Å². The molecule has 2 aliphatic rings. The smallest absolute Gasteiger partial charge is 0.132 e. The predicted molar refractivity (Wildman–Crippen MR) is 101 cm³/mol. The standard InChI is InChI=1S/C22H23F2NO3/c23-19-3-1-4-20(24)17(19)14-27-16-5-6-18-21(13-16)28-15-22(18)7-10-25(11-8-22)9-2-12-26/h1,3-6,12-13H,2,7-11,14-15H2. The summed E-state index contributed by atoms with van der Waals surface area (Å²) in [6.45, 7) is 3.17. The lowest BCUT2D eigenvalue weighted by molar-refractivity contribution is -0.108. The molecular formula is C22H23F2NO3. The molecule has 2 heterocycles. The van der Waals surface area contributed by atoms with Gasteiger partial charge in [-0.2, -0.15) is 0 Å². The maximum absolute atomic E-state index is 13.8. The fraction of sp³-hybridized carbons (Fsp3) is 0.409. The van der Waals surface area contributed by atoms with Gasteiger partial charge in [0.05, 0.1) is 12.2 Å². The lowest BCUT2D eigenvalue weighted by Crippen LogP contribution is -2.43. The molecule has 2 aromatic carbocycles. The summed E-state index contributed by atoms with van der Waals surface area (Å²) in [5.74, 6) is 0.0881. The van der Waals surface area contributed by atoms with Crippen LogP contribution in [0.4, 0.5) is 8.78 Å². The first-order valence-corrected chi connectivity index (χ1v) is 9.60. The van der Waals surface area contributed by atoms with E-state index in [1.165, 1.54) is 23.8 Å². The van der Waals surface area contributed by atoms with Crippen LogP contribution >= 0.6 is 0 Å². The molecule has 0 radical (unpaired) electrons. The Labute approximate surface area is 163 Å². The Hall–Kier alpha value is -2.47. The lowest BCUT2D eigenvalue weighted by Gasteiger charge is -2.38. The van der Waals surface area contributed by atoms with E-state index in [0.29, 0.717) is 18.8 Å². The van der Waals surface area contributed by atoms with Crippen molar-refractivity contribution in [2.24, 2.45) is 0 Å². The number of likely N-dealkylation sites (tertiary alicyclic amines) is 1. The van der Waals surface area contributed by atoms with E-state index in [-0.39, 0.29) is 17.6 Å². The van der Waals surface area contributed by atoms with Crippen molar-refractivity contribution in [1.29, 1.82) is 0 Å². The van der Waals surface area contributed by atoms with Gasteiger partial charge in [0, 0.05) is 30.0 Å². The Balaban J connectivity index is 1.43. The van der Waals surface area contributed by atoms with Gasteiger partial charge >= 0.3 is 0 Å². The Kier molecular flexibility index (Phi) is 5.31. The van der Waals surface area contributed by atoms with Crippen molar-refractivity contribution in [1.82, 2.24) is 4.90 Å². The highest BCUT2D eigenvalue weighted by atomic mass is 19.1. The molecule has 2 aromatic rings. The first kappa shape index (κ1) is 18.9. The zero-order valence-corrected chi connectivity index (χ0v) is 15.6. The summed E-state index contributed by atoms with van der Waals surface area (Å²) in [6, 6.07) is 9.43. The molecule has 2 aliphatic heterocycles. The molecule has 0 N–H and O–H groups in total. The van der Waals surface area contributed by atoms with Gasteiger partial charge in [0.15, 0.2) is 0 Å². The third kappa shape index (κ3) is 3.61. The van der Waals surface area contributed by atoms with Crippen LogP contribution in [0.3, 0.4) is 0 Å². The predicted octanol–water partition coefficient (Wildman–Crippen LogP) is 3.86. The number of nitrogens with zero attached hydrogens (tertiary/aromatic N) is 1. The summed E-state index contributed by atoms with van der Waals surface area (Å²) in [6.07, 6.45) is 3.51. The molecule has 0 bridgehead atoms. The number of rotatable bonds is 6. The number of ether oxygens (including phenoxy) is 2. The van der Waals surface area contributed by atoms with E-state index in [2.05, 4.69) is 4.90 Å². The van der Waals surface area contributed by atoms with Crippen molar-refractivity contribution < 1.29 is 23.0 Å². The minimum absolute atomic E-state index is 0.00316. The van der Waals surface area contributed by atoms with Crippen LogP contribution in [0, 0.1) is 11.6 Å². The highest BCUT2D eigenvalue weighted by molar-refractivity contribution is 5.50. The van der Waals surface area contributed by atoms with Gasteiger partial charge < -0.3 is 19.2 Å². The molecule has 28 heavy (non-hydrogen) atoms. The number of hydrogen-bond acceptors (Lipinski definition) is 4. The molecular weight excluding hydrogens is 364 g/mol. The number of hydrogen-bond donors (Lipinski definition) is 0. The maximum Gasteiger partial charge on any atom is 0.132 e. The van der Waals surface area contributed by atoms with Crippen molar-refractivity contribution >= 4 is 6.29 Å². The quantitative estimate of drug-likeness (QED) is 0.706. The minimum atomic E-state index is -0.613. The topological polar surface area (TPSA) is 38.8 Å². The fourth-order valence-corrected chi connectivity index (χ4v) is 4.12. The van der Waals surface area contributed by atoms with Gasteiger partial charge in [0.2, 0.25) is 0 Å². The molecule has 0 amide bonds. The third-order valence-electron chi connectivity index (χ3n) is 5.85. The average molecular weight is 387 g/mol. The van der Waals surface area contributed by atoms with Crippen LogP contribution in [0.1, 0.15) is 30.4 Å². The van der Waals surface area contributed by atoms with E-state index >= 15 is 0 Å². The highest BCUT2D eigenvalue weighted by Crippen LogP contribution is 2.46. The number of carbonyl (C=O) groups excluding carboxylic acids is 1. The molecule has 4 rings (SSSR count). The van der Waals surface area contributed by atoms with Crippen LogP contribution in [0.5, 0.6) is 11.5 Å². The molecule has 0 atom stereocenters. The van der Waals surface area contributed by atoms with Crippen LogP contribution in [-0.2, 0) is 16.8 Å². The van der Waals surface area contributed by atoms with E-state index in [0.717, 1.165) is 44.5 Å². The third-order valence-corrected chi connectivity index (χ3v) is 5.85. The fourth-order valence-electron chi connectivity index (χ4n) is 4.12. The second-order valence-corrected chi connectivity index (χ2v) is 7.51. The van der Waals surface area contributed by atoms with Crippen LogP contribution in [-0.4, -0.2) is 37.4 Å². The second-order valence-electron chi connectivity index (χ2n) is 7.51. The molecule has 0 unspecified atom stereocenters. The molecule has 0 saturated carbocycles. The van der Waals surface area contributed by atoms with Crippen LogP contribution < -0.4 is 9.47 Å². The normalized spacial score (nSPS) is 17.9. The number of aldehydes is 1. The second kappa shape index (κ2) is 7.87. The van der Waals surface area contributed by atoms with Gasteiger partial charge in [-0.05, 0) is 44.1 Å². The van der Waals surface area contributed by atoms with Gasteiger partial charge in [0.1, 0.15) is 36.0 Å². The van der Waals surface area contributed by atoms with Gasteiger partial charge in [-0.3, -0.25) is 0 Å². The Morgan fingerprint density at radius 3 is 2.61 bits per heavy atom. The summed E-state index contributed by atoms with van der Waals surface area (Å²) < 4.78 is 39.1. The Morgan fingerprint density at radius 1 is 1.14 bits per heavy atom. The Morgan fingerprint density at radius 2 is 1.89 bits per heavy atom. The van der Waals surface area contributed by atoms with Gasteiger partial charge in [-0.15, -0.1) is 0 Å². The molecule has 1 saturated heterocycles. The van der Waals surface area contributed by atoms with E-state index in [1.807, 2.05) is 18.2 Å². The summed E-state index contributed by atoms with van der Waals surface area (Å²) >= 11 is 0. The summed E-state index contributed by atoms with van der Waals surface area (Å²) in [7, 11) is 0. The average Bonchev–Trinajstić information content (AvgIpc) is 3.05. The lowest BCUT2D eigenvalue weighted by atomic mass is 9.74. The maximum atomic E-state index is 13.8. The molecule has 1 spiro atoms. The number of benzene rings is 2. The summed E-state index contributed by atoms with van der Waals surface area (Å²) in [4.78, 5) is 12.9. The van der Waals surface area contributed by atoms with Crippen LogP contribution in [0.2, 0.25) is 0 Å². The van der Waals surface area contributed by atoms with E-state index < -0.39 is 11.6 Å². The van der Waals surface area contributed by atoms with E-state index in [4.69, 9.17) is 9.47 Å². The molecule has 1 fully saturated rings. The van der Waals surface area contributed by atoms with Gasteiger partial charge in [0.25, 0.3) is 0 Å². The SMILES string of the molecule is O=CCCN1CCC2(CC1)COc1cc(OCc3c(F)cccc3F)ccc12. The number of fused-ring (bicyclic) bond motifs is 2. The van der Waals surface area contributed by atoms with E-state index in [1.54, 1.807) is 0 Å². The molecule has 6 heteroatoms. The van der Waals surface area contributed by atoms with Gasteiger partial charge in [-0.1, -0.05) is 12.1 Å². The minimum Gasteiger partial charge on any atom is -0.492 e. The van der Waals surface area contributed by atoms with Crippen molar-refractivity contribution in [2.75, 3.05) is 26.2 Å². The number of carbonyl (C=O) groups is 1. The molecule has 0 aliphatic carbocycles. The summed E-state index contributed by atoms with van der Waals surface area (Å²) in [5.41, 5.74) is 1.10. The number of halogens is 2. The zero-order valence-electron chi connectivity index (χ0n) is 15.6. The molecule has 148 valence electrons. The van der Waals surface area contributed by atoms with Crippen molar-refractivity contribution in [3.8, 4) is 11.5 Å². The first-order chi connectivity index (χ1) is 13.6. The first-order valence-electron chi connectivity index (χ1n) is 9.60. The van der Waals surface area contributed by atoms with Crippen LogP contribution in [0.15, 0.2) is 36.4 Å². The zero-order chi connectivity index (χ0) is 19.6. The molecule has 0 aromatic heterocycles.